The summed E-state index contributed by atoms with van der Waals surface area (Å²) in [6, 6.07) is 5.19. The van der Waals surface area contributed by atoms with E-state index in [2.05, 4.69) is 41.6 Å². The molecule has 2 aromatic heterocycles. The van der Waals surface area contributed by atoms with Crippen molar-refractivity contribution in [2.75, 3.05) is 10.6 Å². The highest BCUT2D eigenvalue weighted by Crippen LogP contribution is 2.24. The summed E-state index contributed by atoms with van der Waals surface area (Å²) in [4.78, 5) is 23.6. The van der Waals surface area contributed by atoms with Crippen LogP contribution in [0.3, 0.4) is 0 Å². The normalized spacial score (nSPS) is 11.2. The Morgan fingerprint density at radius 2 is 1.95 bits per heavy atom. The van der Waals surface area contributed by atoms with Crippen molar-refractivity contribution in [2.45, 2.75) is 33.1 Å². The number of hydrogen-bond donors (Lipinski definition) is 3. The van der Waals surface area contributed by atoms with E-state index in [1.54, 1.807) is 12.1 Å². The van der Waals surface area contributed by atoms with Crippen molar-refractivity contribution in [3.8, 4) is 0 Å². The molecule has 2 amide bonds. The number of H-pyrrole nitrogens is 1. The van der Waals surface area contributed by atoms with Crippen molar-refractivity contribution < 1.29 is 9.59 Å². The van der Waals surface area contributed by atoms with Crippen LogP contribution in [0.2, 0.25) is 0 Å². The number of thiophene rings is 1. The molecule has 3 N–H and O–H groups in total. The van der Waals surface area contributed by atoms with Crippen molar-refractivity contribution in [2.24, 2.45) is 0 Å². The summed E-state index contributed by atoms with van der Waals surface area (Å²) in [7, 11) is 0. The van der Waals surface area contributed by atoms with Gasteiger partial charge in [0.25, 0.3) is 5.91 Å². The maximum Gasteiger partial charge on any atom is 0.267 e. The quantitative estimate of drug-likeness (QED) is 0.814. The van der Waals surface area contributed by atoms with Gasteiger partial charge in [-0.2, -0.15) is 5.10 Å². The molecule has 0 bridgehead atoms. The van der Waals surface area contributed by atoms with Gasteiger partial charge in [0, 0.05) is 24.1 Å². The second-order valence-electron chi connectivity index (χ2n) is 5.72. The Morgan fingerprint density at radius 1 is 1.24 bits per heavy atom. The molecule has 0 aliphatic heterocycles. The molecule has 2 aromatic rings. The topological polar surface area (TPSA) is 86.9 Å². The number of hydrogen-bond acceptors (Lipinski definition) is 4. The Morgan fingerprint density at radius 3 is 2.52 bits per heavy atom. The number of anilines is 2. The van der Waals surface area contributed by atoms with Gasteiger partial charge in [0.2, 0.25) is 5.91 Å². The van der Waals surface area contributed by atoms with Crippen molar-refractivity contribution >= 4 is 34.0 Å². The summed E-state index contributed by atoms with van der Waals surface area (Å²) >= 11 is 1.22. The SMILES string of the molecule is CC(=O)Nc1ccc(C(=O)Nc2cc(C(C)(C)C)[nH]n2)s1. The van der Waals surface area contributed by atoms with Crippen LogP contribution in [-0.2, 0) is 10.2 Å². The number of nitrogens with zero attached hydrogens (tertiary/aromatic N) is 1. The first kappa shape index (κ1) is 15.2. The summed E-state index contributed by atoms with van der Waals surface area (Å²) < 4.78 is 0. The molecule has 0 fully saturated rings. The molecule has 0 saturated heterocycles. The predicted molar refractivity (Wildman–Crippen MR) is 83.9 cm³/mol. The largest absolute Gasteiger partial charge is 0.318 e. The van der Waals surface area contributed by atoms with E-state index in [9.17, 15) is 9.59 Å². The molecule has 2 heterocycles. The van der Waals surface area contributed by atoms with E-state index in [4.69, 9.17) is 0 Å². The van der Waals surface area contributed by atoms with Crippen LogP contribution in [0.5, 0.6) is 0 Å². The Hall–Kier alpha value is -2.15. The first-order valence-electron chi connectivity index (χ1n) is 6.50. The number of carbonyl (C=O) groups excluding carboxylic acids is 2. The average Bonchev–Trinajstić information content (AvgIpc) is 2.96. The van der Waals surface area contributed by atoms with Crippen molar-refractivity contribution in [3.05, 3.63) is 28.8 Å². The molecule has 2 rings (SSSR count). The van der Waals surface area contributed by atoms with Crippen molar-refractivity contribution in [1.29, 1.82) is 0 Å². The maximum atomic E-state index is 12.1. The third-order valence-electron chi connectivity index (χ3n) is 2.76. The molecule has 0 unspecified atom stereocenters. The number of aromatic amines is 1. The van der Waals surface area contributed by atoms with Crippen LogP contribution < -0.4 is 10.6 Å². The minimum absolute atomic E-state index is 0.0580. The summed E-state index contributed by atoms with van der Waals surface area (Å²) in [5.74, 6) is 0.0777. The fraction of sp³-hybridized carbons (Fsp3) is 0.357. The van der Waals surface area contributed by atoms with Crippen molar-refractivity contribution in [3.63, 3.8) is 0 Å². The zero-order chi connectivity index (χ0) is 15.6. The fourth-order valence-electron chi connectivity index (χ4n) is 1.65. The van der Waals surface area contributed by atoms with E-state index in [0.717, 1.165) is 5.69 Å². The molecule has 21 heavy (non-hydrogen) atoms. The highest BCUT2D eigenvalue weighted by atomic mass is 32.1. The Bertz CT molecular complexity index is 667. The number of aromatic nitrogens is 2. The Labute approximate surface area is 127 Å². The Kier molecular flexibility index (Phi) is 4.13. The van der Waals surface area contributed by atoms with E-state index >= 15 is 0 Å². The molecule has 0 saturated carbocycles. The molecule has 0 radical (unpaired) electrons. The van der Waals surface area contributed by atoms with Gasteiger partial charge in [0.15, 0.2) is 5.82 Å². The molecule has 0 aliphatic carbocycles. The monoisotopic (exact) mass is 306 g/mol. The zero-order valence-electron chi connectivity index (χ0n) is 12.4. The van der Waals surface area contributed by atoms with E-state index in [1.165, 1.54) is 18.3 Å². The molecule has 112 valence electrons. The van der Waals surface area contributed by atoms with Crippen LogP contribution in [0, 0.1) is 0 Å². The lowest BCUT2D eigenvalue weighted by atomic mass is 9.92. The summed E-state index contributed by atoms with van der Waals surface area (Å²) in [5, 5.41) is 13.0. The molecule has 0 atom stereocenters. The highest BCUT2D eigenvalue weighted by Gasteiger charge is 2.18. The average molecular weight is 306 g/mol. The smallest absolute Gasteiger partial charge is 0.267 e. The van der Waals surface area contributed by atoms with Gasteiger partial charge in [-0.05, 0) is 12.1 Å². The lowest BCUT2D eigenvalue weighted by Gasteiger charge is -2.14. The van der Waals surface area contributed by atoms with Crippen molar-refractivity contribution in [1.82, 2.24) is 10.2 Å². The molecule has 0 spiro atoms. The molecular weight excluding hydrogens is 288 g/mol. The van der Waals surface area contributed by atoms with Crippen LogP contribution in [0.1, 0.15) is 43.1 Å². The van der Waals surface area contributed by atoms with Gasteiger partial charge < -0.3 is 10.6 Å². The third kappa shape index (κ3) is 3.91. The standard InChI is InChI=1S/C14H18N4O2S/c1-8(19)15-12-6-5-9(21-12)13(20)16-11-7-10(17-18-11)14(2,3)4/h5-7H,1-4H3,(H,15,19)(H2,16,17,18,20). The summed E-state index contributed by atoms with van der Waals surface area (Å²) in [5.41, 5.74) is 0.889. The number of amides is 2. The zero-order valence-corrected chi connectivity index (χ0v) is 13.2. The molecule has 6 nitrogen and oxygen atoms in total. The van der Waals surface area contributed by atoms with Crippen LogP contribution in [0.4, 0.5) is 10.8 Å². The van der Waals surface area contributed by atoms with Gasteiger partial charge in [0.1, 0.15) is 0 Å². The van der Waals surface area contributed by atoms with Gasteiger partial charge in [-0.3, -0.25) is 14.7 Å². The van der Waals surface area contributed by atoms with E-state index in [1.807, 2.05) is 6.07 Å². The van der Waals surface area contributed by atoms with Gasteiger partial charge >= 0.3 is 0 Å². The lowest BCUT2D eigenvalue weighted by molar-refractivity contribution is -0.114. The fourth-order valence-corrected chi connectivity index (χ4v) is 2.50. The van der Waals surface area contributed by atoms with Gasteiger partial charge in [-0.25, -0.2) is 0 Å². The first-order valence-corrected chi connectivity index (χ1v) is 7.32. The number of rotatable bonds is 3. The Balaban J connectivity index is 2.06. The minimum atomic E-state index is -0.247. The number of nitrogens with one attached hydrogen (secondary N) is 3. The minimum Gasteiger partial charge on any atom is -0.318 e. The predicted octanol–water partition coefficient (Wildman–Crippen LogP) is 2.98. The van der Waals surface area contributed by atoms with Gasteiger partial charge in [-0.1, -0.05) is 20.8 Å². The number of carbonyl (C=O) groups is 2. The molecule has 0 aliphatic rings. The van der Waals surface area contributed by atoms with Crippen LogP contribution >= 0.6 is 11.3 Å². The second-order valence-corrected chi connectivity index (χ2v) is 6.80. The van der Waals surface area contributed by atoms with Crippen LogP contribution in [-0.4, -0.2) is 22.0 Å². The second kappa shape index (κ2) is 5.69. The van der Waals surface area contributed by atoms with Crippen LogP contribution in [0.25, 0.3) is 0 Å². The van der Waals surface area contributed by atoms with E-state index < -0.39 is 0 Å². The summed E-state index contributed by atoms with van der Waals surface area (Å²) in [6.45, 7) is 7.61. The molecule has 7 heteroatoms. The van der Waals surface area contributed by atoms with Gasteiger partial charge in [-0.15, -0.1) is 11.3 Å². The van der Waals surface area contributed by atoms with E-state index in [0.29, 0.717) is 15.7 Å². The third-order valence-corrected chi connectivity index (χ3v) is 3.76. The highest BCUT2D eigenvalue weighted by molar-refractivity contribution is 7.18. The summed E-state index contributed by atoms with van der Waals surface area (Å²) in [6.07, 6.45) is 0. The maximum absolute atomic E-state index is 12.1. The van der Waals surface area contributed by atoms with Crippen LogP contribution in [0.15, 0.2) is 18.2 Å². The first-order chi connectivity index (χ1) is 9.75. The molecule has 0 aromatic carbocycles. The lowest BCUT2D eigenvalue weighted by Crippen LogP contribution is -2.11. The molecular formula is C14H18N4O2S. The van der Waals surface area contributed by atoms with Gasteiger partial charge in [0.05, 0.1) is 9.88 Å². The van der Waals surface area contributed by atoms with E-state index in [-0.39, 0.29) is 17.2 Å².